The minimum absolute atomic E-state index is 0.100. The molecule has 1 fully saturated rings. The molecule has 2 rings (SSSR count). The van der Waals surface area contributed by atoms with Gasteiger partial charge >= 0.3 is 0 Å². The number of hydrogen-bond acceptors (Lipinski definition) is 5. The normalized spacial score (nSPS) is 18.9. The molecule has 20 heavy (non-hydrogen) atoms. The smallest absolute Gasteiger partial charge is 0.249 e. The third kappa shape index (κ3) is 2.49. The molecule has 1 aromatic rings. The van der Waals surface area contributed by atoms with Gasteiger partial charge in [0.2, 0.25) is 11.8 Å². The maximum atomic E-state index is 11.8. The van der Waals surface area contributed by atoms with Gasteiger partial charge in [-0.05, 0) is 31.5 Å². The van der Waals surface area contributed by atoms with Crippen LogP contribution < -0.4 is 16.0 Å². The van der Waals surface area contributed by atoms with Crippen LogP contribution in [0.4, 0.5) is 11.4 Å². The fraction of sp³-hybridized carbons (Fsp3) is 0.357. The van der Waals surface area contributed by atoms with Crippen molar-refractivity contribution in [2.45, 2.75) is 26.3 Å². The van der Waals surface area contributed by atoms with Crippen LogP contribution in [0, 0.1) is 0 Å². The second-order valence-electron chi connectivity index (χ2n) is 4.79. The van der Waals surface area contributed by atoms with Crippen molar-refractivity contribution in [3.05, 3.63) is 23.8 Å². The fourth-order valence-electron chi connectivity index (χ4n) is 2.39. The molecular weight excluding hydrogens is 258 g/mol. The molecule has 1 aliphatic heterocycles. The number of benzene rings is 1. The Bertz CT molecular complexity index is 583. The molecule has 1 unspecified atom stereocenters. The summed E-state index contributed by atoms with van der Waals surface area (Å²) in [5.74, 6) is -0.763. The molecule has 0 radical (unpaired) electrons. The number of anilines is 2. The molecule has 0 saturated carbocycles. The number of carbonyl (C=O) groups excluding carboxylic acids is 3. The summed E-state index contributed by atoms with van der Waals surface area (Å²) in [6.07, 6.45) is 0.577. The van der Waals surface area contributed by atoms with E-state index in [9.17, 15) is 14.4 Å². The van der Waals surface area contributed by atoms with E-state index in [4.69, 9.17) is 5.73 Å². The number of amides is 2. The third-order valence-electron chi connectivity index (χ3n) is 3.39. The minimum Gasteiger partial charge on any atom is -0.398 e. The molecule has 1 aliphatic rings. The van der Waals surface area contributed by atoms with Crippen molar-refractivity contribution >= 4 is 29.0 Å². The minimum atomic E-state index is -0.407. The summed E-state index contributed by atoms with van der Waals surface area (Å²) < 4.78 is 0. The zero-order chi connectivity index (χ0) is 14.9. The summed E-state index contributed by atoms with van der Waals surface area (Å²) in [4.78, 5) is 36.4. The summed E-state index contributed by atoms with van der Waals surface area (Å²) in [5, 5.41) is 2.32. The lowest BCUT2D eigenvalue weighted by atomic mass is 10.0. The maximum absolute atomic E-state index is 11.8. The predicted octanol–water partition coefficient (Wildman–Crippen LogP) is 0.713. The predicted molar refractivity (Wildman–Crippen MR) is 75.4 cm³/mol. The molecule has 0 aromatic heterocycles. The van der Waals surface area contributed by atoms with Gasteiger partial charge in [-0.1, -0.05) is 6.92 Å². The van der Waals surface area contributed by atoms with Gasteiger partial charge in [-0.2, -0.15) is 0 Å². The first-order valence-corrected chi connectivity index (χ1v) is 6.44. The Morgan fingerprint density at radius 3 is 2.70 bits per heavy atom. The molecular formula is C14H17N3O3. The highest BCUT2D eigenvalue weighted by atomic mass is 16.2. The highest BCUT2D eigenvalue weighted by molar-refractivity contribution is 6.05. The lowest BCUT2D eigenvalue weighted by Gasteiger charge is -2.35. The standard InChI is InChI=1S/C14H17N3O3/c1-3-12-14(20)16-13(19)7-17(12)9-4-5-10(8(2)18)11(15)6-9/h4-6,12H,3,7,15H2,1-2H3,(H,16,19,20). The number of imide groups is 1. The number of hydrogen-bond donors (Lipinski definition) is 2. The maximum Gasteiger partial charge on any atom is 0.249 e. The van der Waals surface area contributed by atoms with E-state index < -0.39 is 6.04 Å². The van der Waals surface area contributed by atoms with Crippen LogP contribution in [0.2, 0.25) is 0 Å². The van der Waals surface area contributed by atoms with Gasteiger partial charge in [0, 0.05) is 16.9 Å². The zero-order valence-electron chi connectivity index (χ0n) is 11.5. The van der Waals surface area contributed by atoms with E-state index in [-0.39, 0.29) is 24.1 Å². The van der Waals surface area contributed by atoms with Crippen molar-refractivity contribution in [2.75, 3.05) is 17.2 Å². The number of nitrogens with zero attached hydrogens (tertiary/aromatic N) is 1. The van der Waals surface area contributed by atoms with E-state index in [0.717, 1.165) is 0 Å². The Morgan fingerprint density at radius 2 is 2.15 bits per heavy atom. The number of rotatable bonds is 3. The Hall–Kier alpha value is -2.37. The van der Waals surface area contributed by atoms with Crippen LogP contribution in [-0.4, -0.2) is 30.2 Å². The molecule has 1 heterocycles. The second-order valence-corrected chi connectivity index (χ2v) is 4.79. The lowest BCUT2D eigenvalue weighted by Crippen LogP contribution is -2.58. The Labute approximate surface area is 116 Å². The molecule has 2 amide bonds. The van der Waals surface area contributed by atoms with Gasteiger partial charge in [0.05, 0.1) is 6.54 Å². The topological polar surface area (TPSA) is 92.5 Å². The Balaban J connectivity index is 2.38. The fourth-order valence-corrected chi connectivity index (χ4v) is 2.39. The van der Waals surface area contributed by atoms with Crippen LogP contribution in [0.1, 0.15) is 30.6 Å². The van der Waals surface area contributed by atoms with Crippen molar-refractivity contribution in [1.29, 1.82) is 0 Å². The number of carbonyl (C=O) groups is 3. The van der Waals surface area contributed by atoms with Gasteiger partial charge in [0.1, 0.15) is 6.04 Å². The summed E-state index contributed by atoms with van der Waals surface area (Å²) >= 11 is 0. The molecule has 1 aromatic carbocycles. The van der Waals surface area contributed by atoms with E-state index >= 15 is 0 Å². The number of nitrogens with two attached hydrogens (primary N) is 1. The summed E-state index contributed by atoms with van der Waals surface area (Å²) in [6.45, 7) is 3.42. The number of Topliss-reactive ketones (excluding diaryl/α,β-unsaturated/α-hetero) is 1. The summed E-state index contributed by atoms with van der Waals surface area (Å²) in [6, 6.07) is 4.55. The van der Waals surface area contributed by atoms with Crippen LogP contribution in [-0.2, 0) is 9.59 Å². The van der Waals surface area contributed by atoms with Crippen molar-refractivity contribution in [3.63, 3.8) is 0 Å². The molecule has 3 N–H and O–H groups in total. The van der Waals surface area contributed by atoms with E-state index in [2.05, 4.69) is 5.32 Å². The van der Waals surface area contributed by atoms with Crippen LogP contribution in [0.15, 0.2) is 18.2 Å². The van der Waals surface area contributed by atoms with Gasteiger partial charge in [-0.3, -0.25) is 19.7 Å². The van der Waals surface area contributed by atoms with E-state index in [1.165, 1.54) is 6.92 Å². The quantitative estimate of drug-likeness (QED) is 0.481. The van der Waals surface area contributed by atoms with Gasteiger partial charge in [0.25, 0.3) is 0 Å². The molecule has 0 bridgehead atoms. The van der Waals surface area contributed by atoms with Crippen LogP contribution in [0.25, 0.3) is 0 Å². The van der Waals surface area contributed by atoms with Gasteiger partial charge in [-0.15, -0.1) is 0 Å². The highest BCUT2D eigenvalue weighted by Crippen LogP contribution is 2.25. The largest absolute Gasteiger partial charge is 0.398 e. The van der Waals surface area contributed by atoms with Gasteiger partial charge in [0.15, 0.2) is 5.78 Å². The van der Waals surface area contributed by atoms with Crippen LogP contribution in [0.5, 0.6) is 0 Å². The first-order valence-electron chi connectivity index (χ1n) is 6.44. The summed E-state index contributed by atoms with van der Waals surface area (Å²) in [5.41, 5.74) is 7.31. The average Bonchev–Trinajstić information content (AvgIpc) is 2.37. The Kier molecular flexibility index (Phi) is 3.74. The zero-order valence-corrected chi connectivity index (χ0v) is 11.5. The van der Waals surface area contributed by atoms with Crippen LogP contribution in [0.3, 0.4) is 0 Å². The van der Waals surface area contributed by atoms with E-state index in [0.29, 0.717) is 23.4 Å². The van der Waals surface area contributed by atoms with Crippen molar-refractivity contribution in [3.8, 4) is 0 Å². The highest BCUT2D eigenvalue weighted by Gasteiger charge is 2.32. The Morgan fingerprint density at radius 1 is 1.45 bits per heavy atom. The number of piperazine rings is 1. The molecule has 0 spiro atoms. The van der Waals surface area contributed by atoms with Gasteiger partial charge in [-0.25, -0.2) is 0 Å². The molecule has 106 valence electrons. The summed E-state index contributed by atoms with van der Waals surface area (Å²) in [7, 11) is 0. The average molecular weight is 275 g/mol. The van der Waals surface area contributed by atoms with Crippen molar-refractivity contribution in [2.24, 2.45) is 0 Å². The second kappa shape index (κ2) is 5.32. The molecule has 1 saturated heterocycles. The first-order chi connectivity index (χ1) is 9.43. The van der Waals surface area contributed by atoms with E-state index in [1.54, 1.807) is 23.1 Å². The molecule has 6 heteroatoms. The molecule has 0 aliphatic carbocycles. The van der Waals surface area contributed by atoms with E-state index in [1.807, 2.05) is 6.92 Å². The SMILES string of the molecule is CCC1C(=O)NC(=O)CN1c1ccc(C(C)=O)c(N)c1. The van der Waals surface area contributed by atoms with Gasteiger partial charge < -0.3 is 10.6 Å². The number of nitrogens with one attached hydrogen (secondary N) is 1. The first kappa shape index (κ1) is 14.0. The number of ketones is 1. The molecule has 1 atom stereocenters. The number of nitrogen functional groups attached to an aromatic ring is 1. The lowest BCUT2D eigenvalue weighted by molar-refractivity contribution is -0.132. The monoisotopic (exact) mass is 275 g/mol. The van der Waals surface area contributed by atoms with Crippen molar-refractivity contribution < 1.29 is 14.4 Å². The van der Waals surface area contributed by atoms with Crippen molar-refractivity contribution in [1.82, 2.24) is 5.32 Å². The molecule has 6 nitrogen and oxygen atoms in total. The third-order valence-corrected chi connectivity index (χ3v) is 3.39. The van der Waals surface area contributed by atoms with Crippen LogP contribution >= 0.6 is 0 Å².